The van der Waals surface area contributed by atoms with Gasteiger partial charge in [0.05, 0.1) is 24.0 Å². The lowest BCUT2D eigenvalue weighted by atomic mass is 10.0. The average Bonchev–Trinajstić information content (AvgIpc) is 2.62. The number of nitrogens with one attached hydrogen (secondary N) is 1. The second-order valence-electron chi connectivity index (χ2n) is 6.99. The van der Waals surface area contributed by atoms with Gasteiger partial charge in [-0.1, -0.05) is 18.2 Å². The topological polar surface area (TPSA) is 78.5 Å². The molecule has 6 heteroatoms. The zero-order valence-electron chi connectivity index (χ0n) is 15.3. The Labute approximate surface area is 153 Å². The SMILES string of the molecule is C=C[C@](C)(O)CN1CCc2nc(Cc3cccc(OC)c3)[nH]c(=O)c2C1. The molecule has 1 aromatic carbocycles. The third-order valence-corrected chi connectivity index (χ3v) is 4.69. The van der Waals surface area contributed by atoms with Crippen molar-refractivity contribution in [1.82, 2.24) is 14.9 Å². The van der Waals surface area contributed by atoms with Gasteiger partial charge in [0, 0.05) is 32.5 Å². The molecule has 0 fully saturated rings. The maximum atomic E-state index is 12.5. The molecule has 26 heavy (non-hydrogen) atoms. The van der Waals surface area contributed by atoms with E-state index in [0.29, 0.717) is 37.3 Å². The van der Waals surface area contributed by atoms with E-state index in [2.05, 4.69) is 21.4 Å². The van der Waals surface area contributed by atoms with E-state index < -0.39 is 5.60 Å². The van der Waals surface area contributed by atoms with E-state index in [1.54, 1.807) is 14.0 Å². The predicted octanol–water partition coefficient (Wildman–Crippen LogP) is 1.66. The van der Waals surface area contributed by atoms with E-state index >= 15 is 0 Å². The van der Waals surface area contributed by atoms with Crippen molar-refractivity contribution in [3.05, 3.63) is 69.9 Å². The van der Waals surface area contributed by atoms with Crippen LogP contribution >= 0.6 is 0 Å². The first-order valence-corrected chi connectivity index (χ1v) is 8.72. The van der Waals surface area contributed by atoms with Gasteiger partial charge >= 0.3 is 0 Å². The third-order valence-electron chi connectivity index (χ3n) is 4.69. The van der Waals surface area contributed by atoms with Crippen LogP contribution in [-0.4, -0.2) is 45.8 Å². The highest BCUT2D eigenvalue weighted by Gasteiger charge is 2.26. The van der Waals surface area contributed by atoms with Crippen molar-refractivity contribution in [2.45, 2.75) is 31.9 Å². The van der Waals surface area contributed by atoms with Gasteiger partial charge in [0.25, 0.3) is 5.56 Å². The summed E-state index contributed by atoms with van der Waals surface area (Å²) in [6.07, 6.45) is 2.77. The Bertz CT molecular complexity index is 858. The highest BCUT2D eigenvalue weighted by molar-refractivity contribution is 5.31. The van der Waals surface area contributed by atoms with E-state index in [1.807, 2.05) is 24.3 Å². The summed E-state index contributed by atoms with van der Waals surface area (Å²) in [7, 11) is 1.63. The molecule has 0 amide bonds. The Balaban J connectivity index is 1.79. The van der Waals surface area contributed by atoms with E-state index in [-0.39, 0.29) is 5.56 Å². The van der Waals surface area contributed by atoms with Crippen LogP contribution in [0.3, 0.4) is 0 Å². The molecule has 0 saturated heterocycles. The molecule has 0 unspecified atom stereocenters. The van der Waals surface area contributed by atoms with E-state index in [1.165, 1.54) is 6.08 Å². The monoisotopic (exact) mass is 355 g/mol. The number of hydrogen-bond donors (Lipinski definition) is 2. The number of rotatable bonds is 6. The Morgan fingerprint density at radius 2 is 2.31 bits per heavy atom. The second kappa shape index (κ2) is 7.43. The van der Waals surface area contributed by atoms with Crippen LogP contribution in [0.25, 0.3) is 0 Å². The number of benzene rings is 1. The minimum Gasteiger partial charge on any atom is -0.497 e. The van der Waals surface area contributed by atoms with Gasteiger partial charge in [-0.15, -0.1) is 6.58 Å². The Kier molecular flexibility index (Phi) is 5.25. The molecule has 0 saturated carbocycles. The summed E-state index contributed by atoms with van der Waals surface area (Å²) < 4.78 is 5.24. The van der Waals surface area contributed by atoms with Gasteiger partial charge in [-0.3, -0.25) is 9.69 Å². The second-order valence-corrected chi connectivity index (χ2v) is 6.99. The molecular weight excluding hydrogens is 330 g/mol. The number of nitrogens with zero attached hydrogens (tertiary/aromatic N) is 2. The van der Waals surface area contributed by atoms with Crippen LogP contribution in [0, 0.1) is 0 Å². The number of β-amino-alcohol motifs (C(OH)–C–C–N with tert-alkyl or cyclic N) is 1. The van der Waals surface area contributed by atoms with Crippen molar-refractivity contribution in [3.63, 3.8) is 0 Å². The van der Waals surface area contributed by atoms with Crippen molar-refractivity contribution >= 4 is 0 Å². The first-order valence-electron chi connectivity index (χ1n) is 8.72. The summed E-state index contributed by atoms with van der Waals surface area (Å²) >= 11 is 0. The van der Waals surface area contributed by atoms with Crippen LogP contribution in [0.4, 0.5) is 0 Å². The largest absolute Gasteiger partial charge is 0.497 e. The Morgan fingerprint density at radius 3 is 3.04 bits per heavy atom. The first-order chi connectivity index (χ1) is 12.4. The van der Waals surface area contributed by atoms with E-state index in [9.17, 15) is 9.90 Å². The Morgan fingerprint density at radius 1 is 1.50 bits per heavy atom. The summed E-state index contributed by atoms with van der Waals surface area (Å²) in [6.45, 7) is 7.06. The van der Waals surface area contributed by atoms with Crippen LogP contribution in [-0.2, 0) is 19.4 Å². The maximum absolute atomic E-state index is 12.5. The predicted molar refractivity (Wildman–Crippen MR) is 100 cm³/mol. The number of aliphatic hydroxyl groups is 1. The standard InChI is InChI=1S/C20H25N3O3/c1-4-20(2,25)13-23-9-8-17-16(12-23)19(24)22-18(21-17)11-14-6-5-7-15(10-14)26-3/h4-7,10,25H,1,8-9,11-13H2,2-3H3,(H,21,22,24)/t20-/m0/s1. The van der Waals surface area contributed by atoms with Gasteiger partial charge in [0.15, 0.2) is 0 Å². The molecule has 1 aliphatic rings. The number of fused-ring (bicyclic) bond motifs is 1. The summed E-state index contributed by atoms with van der Waals surface area (Å²) in [5.41, 5.74) is 1.50. The summed E-state index contributed by atoms with van der Waals surface area (Å²) in [5.74, 6) is 1.45. The molecule has 0 bridgehead atoms. The quantitative estimate of drug-likeness (QED) is 0.771. The smallest absolute Gasteiger partial charge is 0.255 e. The lowest BCUT2D eigenvalue weighted by molar-refractivity contribution is 0.0561. The van der Waals surface area contributed by atoms with E-state index in [0.717, 1.165) is 23.6 Å². The molecule has 2 aromatic rings. The highest BCUT2D eigenvalue weighted by atomic mass is 16.5. The summed E-state index contributed by atoms with van der Waals surface area (Å²) in [4.78, 5) is 22.2. The van der Waals surface area contributed by atoms with Gasteiger partial charge in [-0.2, -0.15) is 0 Å². The van der Waals surface area contributed by atoms with Crippen LogP contribution in [0.5, 0.6) is 5.75 Å². The molecule has 1 aromatic heterocycles. The van der Waals surface area contributed by atoms with Crippen LogP contribution in [0.1, 0.15) is 29.6 Å². The van der Waals surface area contributed by atoms with E-state index in [4.69, 9.17) is 4.74 Å². The first kappa shape index (κ1) is 18.4. The molecule has 1 aliphatic heterocycles. The fourth-order valence-corrected chi connectivity index (χ4v) is 3.24. The molecule has 3 rings (SSSR count). The Hall–Kier alpha value is -2.44. The third kappa shape index (κ3) is 4.20. The molecule has 0 aliphatic carbocycles. The van der Waals surface area contributed by atoms with Gasteiger partial charge in [0.1, 0.15) is 11.6 Å². The minimum absolute atomic E-state index is 0.101. The van der Waals surface area contributed by atoms with Crippen LogP contribution in [0.2, 0.25) is 0 Å². The van der Waals surface area contributed by atoms with Gasteiger partial charge < -0.3 is 14.8 Å². The average molecular weight is 355 g/mol. The molecule has 138 valence electrons. The minimum atomic E-state index is -0.968. The maximum Gasteiger partial charge on any atom is 0.255 e. The lowest BCUT2D eigenvalue weighted by Gasteiger charge is -2.32. The number of H-pyrrole nitrogens is 1. The highest BCUT2D eigenvalue weighted by Crippen LogP contribution is 2.19. The van der Waals surface area contributed by atoms with Gasteiger partial charge in [-0.05, 0) is 24.6 Å². The summed E-state index contributed by atoms with van der Waals surface area (Å²) in [5, 5.41) is 10.2. The van der Waals surface area contributed by atoms with Crippen LogP contribution in [0.15, 0.2) is 41.7 Å². The molecule has 6 nitrogen and oxygen atoms in total. The lowest BCUT2D eigenvalue weighted by Crippen LogP contribution is -2.44. The number of aromatic nitrogens is 2. The number of aromatic amines is 1. The number of hydrogen-bond acceptors (Lipinski definition) is 5. The van der Waals surface area contributed by atoms with Crippen molar-refractivity contribution < 1.29 is 9.84 Å². The molecule has 2 heterocycles. The van der Waals surface area contributed by atoms with Gasteiger partial charge in [-0.25, -0.2) is 4.98 Å². The van der Waals surface area contributed by atoms with Crippen molar-refractivity contribution in [2.75, 3.05) is 20.2 Å². The van der Waals surface area contributed by atoms with Crippen molar-refractivity contribution in [1.29, 1.82) is 0 Å². The molecule has 2 N–H and O–H groups in total. The van der Waals surface area contributed by atoms with Gasteiger partial charge in [0.2, 0.25) is 0 Å². The normalized spacial score (nSPS) is 16.6. The summed E-state index contributed by atoms with van der Waals surface area (Å²) in [6, 6.07) is 7.74. The zero-order chi connectivity index (χ0) is 18.7. The number of ether oxygens (including phenoxy) is 1. The fourth-order valence-electron chi connectivity index (χ4n) is 3.24. The van der Waals surface area contributed by atoms with Crippen LogP contribution < -0.4 is 10.3 Å². The van der Waals surface area contributed by atoms with Crippen molar-refractivity contribution in [2.24, 2.45) is 0 Å². The molecular formula is C20H25N3O3. The zero-order valence-corrected chi connectivity index (χ0v) is 15.3. The number of methoxy groups -OCH3 is 1. The fraction of sp³-hybridized carbons (Fsp3) is 0.400. The molecule has 1 atom stereocenters. The molecule has 0 radical (unpaired) electrons. The molecule has 0 spiro atoms. The van der Waals surface area contributed by atoms with Crippen molar-refractivity contribution in [3.8, 4) is 5.75 Å².